The average molecular weight is 256 g/mol. The standard InChI is InChI=1S/C16H20N2O/c1-12(2)17-10-14-11-18(13(3)9-16(14)19)15-7-5-4-6-8-15/h4-9,11-12,17H,10H2,1-3H3. The molecule has 0 radical (unpaired) electrons. The fraction of sp³-hybridized carbons (Fsp3) is 0.312. The minimum absolute atomic E-state index is 0.0952. The van der Waals surface area contributed by atoms with E-state index in [1.54, 1.807) is 6.07 Å². The maximum absolute atomic E-state index is 12.0. The van der Waals surface area contributed by atoms with E-state index in [2.05, 4.69) is 23.7 Å². The highest BCUT2D eigenvalue weighted by Crippen LogP contribution is 2.10. The molecule has 0 atom stereocenters. The molecule has 1 heterocycles. The van der Waals surface area contributed by atoms with Gasteiger partial charge in [-0.05, 0) is 19.1 Å². The van der Waals surface area contributed by atoms with Crippen molar-refractivity contribution in [3.63, 3.8) is 0 Å². The van der Waals surface area contributed by atoms with E-state index in [4.69, 9.17) is 0 Å². The molecule has 1 N–H and O–H groups in total. The maximum Gasteiger partial charge on any atom is 0.186 e. The number of hydrogen-bond donors (Lipinski definition) is 1. The fourth-order valence-electron chi connectivity index (χ4n) is 1.99. The number of rotatable bonds is 4. The van der Waals surface area contributed by atoms with Gasteiger partial charge in [0.15, 0.2) is 5.43 Å². The van der Waals surface area contributed by atoms with Gasteiger partial charge in [0, 0.05) is 41.8 Å². The highest BCUT2D eigenvalue weighted by Gasteiger charge is 2.05. The van der Waals surface area contributed by atoms with E-state index < -0.39 is 0 Å². The van der Waals surface area contributed by atoms with Gasteiger partial charge >= 0.3 is 0 Å². The number of pyridine rings is 1. The van der Waals surface area contributed by atoms with Gasteiger partial charge in [-0.3, -0.25) is 4.79 Å². The summed E-state index contributed by atoms with van der Waals surface area (Å²) in [6.45, 7) is 6.70. The topological polar surface area (TPSA) is 34.0 Å². The Balaban J connectivity index is 2.40. The second-order valence-electron chi connectivity index (χ2n) is 5.05. The number of nitrogens with zero attached hydrogens (tertiary/aromatic N) is 1. The van der Waals surface area contributed by atoms with Crippen molar-refractivity contribution in [1.82, 2.24) is 9.88 Å². The fourth-order valence-corrected chi connectivity index (χ4v) is 1.99. The third-order valence-corrected chi connectivity index (χ3v) is 3.06. The summed E-state index contributed by atoms with van der Waals surface area (Å²) in [5, 5.41) is 3.29. The summed E-state index contributed by atoms with van der Waals surface area (Å²) in [5.74, 6) is 0. The van der Waals surface area contributed by atoms with Crippen LogP contribution in [-0.2, 0) is 6.54 Å². The van der Waals surface area contributed by atoms with Crippen LogP contribution in [0, 0.1) is 6.92 Å². The molecule has 0 saturated carbocycles. The van der Waals surface area contributed by atoms with Crippen molar-refractivity contribution in [1.29, 1.82) is 0 Å². The molecule has 1 aromatic carbocycles. The third kappa shape index (κ3) is 3.32. The molecule has 0 bridgehead atoms. The molecular formula is C16H20N2O. The van der Waals surface area contributed by atoms with E-state index >= 15 is 0 Å². The lowest BCUT2D eigenvalue weighted by atomic mass is 10.2. The first-order chi connectivity index (χ1) is 9.08. The molecule has 0 amide bonds. The summed E-state index contributed by atoms with van der Waals surface area (Å²) in [6, 6.07) is 12.1. The highest BCUT2D eigenvalue weighted by atomic mass is 16.1. The normalized spacial score (nSPS) is 10.9. The number of nitrogens with one attached hydrogen (secondary N) is 1. The average Bonchev–Trinajstić information content (AvgIpc) is 2.38. The van der Waals surface area contributed by atoms with Crippen molar-refractivity contribution in [3.8, 4) is 5.69 Å². The van der Waals surface area contributed by atoms with Gasteiger partial charge in [0.25, 0.3) is 0 Å². The van der Waals surface area contributed by atoms with Crippen LogP contribution < -0.4 is 10.7 Å². The van der Waals surface area contributed by atoms with E-state index in [9.17, 15) is 4.79 Å². The van der Waals surface area contributed by atoms with Crippen molar-refractivity contribution in [2.24, 2.45) is 0 Å². The lowest BCUT2D eigenvalue weighted by Gasteiger charge is -2.14. The highest BCUT2D eigenvalue weighted by molar-refractivity contribution is 5.35. The van der Waals surface area contributed by atoms with Crippen molar-refractivity contribution >= 4 is 0 Å². The van der Waals surface area contributed by atoms with Crippen LogP contribution >= 0.6 is 0 Å². The molecule has 0 saturated heterocycles. The Morgan fingerprint density at radius 3 is 2.53 bits per heavy atom. The first kappa shape index (κ1) is 13.6. The lowest BCUT2D eigenvalue weighted by Crippen LogP contribution is -2.26. The zero-order chi connectivity index (χ0) is 13.8. The summed E-state index contributed by atoms with van der Waals surface area (Å²) in [7, 11) is 0. The van der Waals surface area contributed by atoms with Crippen molar-refractivity contribution in [2.45, 2.75) is 33.4 Å². The Morgan fingerprint density at radius 1 is 1.21 bits per heavy atom. The summed E-state index contributed by atoms with van der Waals surface area (Å²) in [6.07, 6.45) is 1.93. The molecule has 19 heavy (non-hydrogen) atoms. The second-order valence-corrected chi connectivity index (χ2v) is 5.05. The van der Waals surface area contributed by atoms with E-state index in [0.717, 1.165) is 16.9 Å². The zero-order valence-corrected chi connectivity index (χ0v) is 11.7. The van der Waals surface area contributed by atoms with Crippen LogP contribution in [0.25, 0.3) is 5.69 Å². The number of hydrogen-bond acceptors (Lipinski definition) is 2. The van der Waals surface area contributed by atoms with Gasteiger partial charge in [-0.2, -0.15) is 0 Å². The monoisotopic (exact) mass is 256 g/mol. The molecule has 0 spiro atoms. The Bertz CT molecular complexity index is 600. The van der Waals surface area contributed by atoms with Gasteiger partial charge < -0.3 is 9.88 Å². The first-order valence-electron chi connectivity index (χ1n) is 6.59. The molecule has 0 aliphatic carbocycles. The maximum atomic E-state index is 12.0. The van der Waals surface area contributed by atoms with Crippen LogP contribution in [0.4, 0.5) is 0 Å². The van der Waals surface area contributed by atoms with Crippen LogP contribution in [0.3, 0.4) is 0 Å². The minimum atomic E-state index is 0.0952. The number of para-hydroxylation sites is 1. The molecule has 3 heteroatoms. The van der Waals surface area contributed by atoms with Crippen LogP contribution in [0.5, 0.6) is 0 Å². The van der Waals surface area contributed by atoms with E-state index in [1.165, 1.54) is 0 Å². The van der Waals surface area contributed by atoms with Crippen molar-refractivity contribution in [3.05, 3.63) is 64.1 Å². The predicted octanol–water partition coefficient (Wildman–Crippen LogP) is 2.64. The third-order valence-electron chi connectivity index (χ3n) is 3.06. The zero-order valence-electron chi connectivity index (χ0n) is 11.7. The Morgan fingerprint density at radius 2 is 1.89 bits per heavy atom. The Labute approximate surface area is 113 Å². The van der Waals surface area contributed by atoms with Gasteiger partial charge in [-0.15, -0.1) is 0 Å². The molecule has 2 aromatic rings. The molecule has 100 valence electrons. The van der Waals surface area contributed by atoms with Crippen LogP contribution in [0.1, 0.15) is 25.1 Å². The summed E-state index contributed by atoms with van der Waals surface area (Å²) < 4.78 is 2.05. The Kier molecular flexibility index (Phi) is 4.17. The number of benzene rings is 1. The molecule has 0 aliphatic heterocycles. The molecule has 3 nitrogen and oxygen atoms in total. The predicted molar refractivity (Wildman–Crippen MR) is 78.8 cm³/mol. The van der Waals surface area contributed by atoms with Gasteiger partial charge in [-0.25, -0.2) is 0 Å². The molecule has 2 rings (SSSR count). The number of aryl methyl sites for hydroxylation is 1. The molecular weight excluding hydrogens is 236 g/mol. The van der Waals surface area contributed by atoms with Crippen LogP contribution in [0.2, 0.25) is 0 Å². The lowest BCUT2D eigenvalue weighted by molar-refractivity contribution is 0.585. The van der Waals surface area contributed by atoms with E-state index in [0.29, 0.717) is 12.6 Å². The van der Waals surface area contributed by atoms with Gasteiger partial charge in [0.1, 0.15) is 0 Å². The summed E-state index contributed by atoms with van der Waals surface area (Å²) in [5.41, 5.74) is 2.91. The summed E-state index contributed by atoms with van der Waals surface area (Å²) in [4.78, 5) is 12.0. The van der Waals surface area contributed by atoms with Crippen molar-refractivity contribution in [2.75, 3.05) is 0 Å². The van der Waals surface area contributed by atoms with Gasteiger partial charge in [-0.1, -0.05) is 32.0 Å². The minimum Gasteiger partial charge on any atom is -0.321 e. The molecule has 0 aliphatic rings. The van der Waals surface area contributed by atoms with Gasteiger partial charge in [0.05, 0.1) is 0 Å². The second kappa shape index (κ2) is 5.85. The molecule has 0 fully saturated rings. The SMILES string of the molecule is Cc1cc(=O)c(CNC(C)C)cn1-c1ccccc1. The summed E-state index contributed by atoms with van der Waals surface area (Å²) >= 11 is 0. The largest absolute Gasteiger partial charge is 0.321 e. The molecule has 0 unspecified atom stereocenters. The quantitative estimate of drug-likeness (QED) is 0.912. The smallest absolute Gasteiger partial charge is 0.186 e. The number of aromatic nitrogens is 1. The van der Waals surface area contributed by atoms with E-state index in [-0.39, 0.29) is 5.43 Å². The van der Waals surface area contributed by atoms with Crippen LogP contribution in [0.15, 0.2) is 47.4 Å². The van der Waals surface area contributed by atoms with Crippen LogP contribution in [-0.4, -0.2) is 10.6 Å². The first-order valence-corrected chi connectivity index (χ1v) is 6.59. The van der Waals surface area contributed by atoms with Gasteiger partial charge in [0.2, 0.25) is 0 Å². The van der Waals surface area contributed by atoms with Crippen molar-refractivity contribution < 1.29 is 0 Å². The van der Waals surface area contributed by atoms with E-state index in [1.807, 2.05) is 43.5 Å². The molecule has 1 aromatic heterocycles. The Hall–Kier alpha value is -1.87.